The summed E-state index contributed by atoms with van der Waals surface area (Å²) in [6.07, 6.45) is 1.26. The lowest BCUT2D eigenvalue weighted by molar-refractivity contribution is -0.112. The molecule has 0 saturated carbocycles. The summed E-state index contributed by atoms with van der Waals surface area (Å²) >= 11 is 15.3. The van der Waals surface area contributed by atoms with Crippen LogP contribution in [0.3, 0.4) is 0 Å². The van der Waals surface area contributed by atoms with Gasteiger partial charge in [-0.1, -0.05) is 45.2 Å². The van der Waals surface area contributed by atoms with E-state index in [0.717, 1.165) is 0 Å². The Morgan fingerprint density at radius 3 is 2.71 bits per heavy atom. The highest BCUT2D eigenvalue weighted by Crippen LogP contribution is 2.34. The molecular formula is C20H10BrCl2FN2O2. The quantitative estimate of drug-likeness (QED) is 0.334. The molecule has 140 valence electrons. The van der Waals surface area contributed by atoms with Crippen molar-refractivity contribution in [1.29, 1.82) is 5.26 Å². The van der Waals surface area contributed by atoms with Gasteiger partial charge < -0.3 is 9.73 Å². The van der Waals surface area contributed by atoms with E-state index in [1.54, 1.807) is 42.5 Å². The van der Waals surface area contributed by atoms with Crippen LogP contribution in [-0.4, -0.2) is 5.91 Å². The van der Waals surface area contributed by atoms with Crippen LogP contribution >= 0.6 is 39.1 Å². The number of carbonyl (C=O) groups is 1. The Balaban J connectivity index is 1.85. The predicted octanol–water partition coefficient (Wildman–Crippen LogP) is 6.70. The van der Waals surface area contributed by atoms with Crippen LogP contribution in [0.25, 0.3) is 17.4 Å². The molecule has 0 aliphatic heterocycles. The van der Waals surface area contributed by atoms with Gasteiger partial charge in [-0.3, -0.25) is 4.79 Å². The van der Waals surface area contributed by atoms with Crippen molar-refractivity contribution in [2.24, 2.45) is 0 Å². The summed E-state index contributed by atoms with van der Waals surface area (Å²) in [6, 6.07) is 14.3. The normalized spacial score (nSPS) is 11.2. The van der Waals surface area contributed by atoms with Crippen LogP contribution in [0.1, 0.15) is 5.76 Å². The third-order valence-corrected chi connectivity index (χ3v) is 4.99. The second-order valence-electron chi connectivity index (χ2n) is 5.55. The molecule has 0 bridgehead atoms. The van der Waals surface area contributed by atoms with Gasteiger partial charge in [-0.2, -0.15) is 5.26 Å². The van der Waals surface area contributed by atoms with Crippen molar-refractivity contribution in [2.75, 3.05) is 5.32 Å². The van der Waals surface area contributed by atoms with Crippen molar-refractivity contribution in [3.63, 3.8) is 0 Å². The maximum Gasteiger partial charge on any atom is 0.266 e. The lowest BCUT2D eigenvalue weighted by atomic mass is 10.2. The molecule has 1 aromatic heterocycles. The first-order chi connectivity index (χ1) is 13.4. The number of halogens is 4. The molecule has 2 aromatic carbocycles. The molecule has 1 N–H and O–H groups in total. The maximum atomic E-state index is 13.9. The Hall–Kier alpha value is -2.59. The SMILES string of the molecule is N#C/C(=C\c1ccc(-c2cccc(Cl)c2Cl)o1)C(=O)Nc1ccc(Br)cc1F. The molecular weight excluding hydrogens is 470 g/mol. The zero-order valence-electron chi connectivity index (χ0n) is 14.0. The number of hydrogen-bond acceptors (Lipinski definition) is 3. The second-order valence-corrected chi connectivity index (χ2v) is 7.25. The van der Waals surface area contributed by atoms with Gasteiger partial charge in [0.2, 0.25) is 0 Å². The molecule has 3 rings (SSSR count). The Morgan fingerprint density at radius 1 is 1.21 bits per heavy atom. The highest BCUT2D eigenvalue weighted by atomic mass is 79.9. The number of amides is 1. The van der Waals surface area contributed by atoms with E-state index in [-0.39, 0.29) is 17.0 Å². The van der Waals surface area contributed by atoms with E-state index in [1.165, 1.54) is 18.2 Å². The van der Waals surface area contributed by atoms with E-state index in [9.17, 15) is 14.4 Å². The number of carbonyl (C=O) groups excluding carboxylic acids is 1. The van der Waals surface area contributed by atoms with Crippen molar-refractivity contribution in [3.05, 3.63) is 80.2 Å². The minimum atomic E-state index is -0.762. The zero-order valence-corrected chi connectivity index (χ0v) is 17.1. The lowest BCUT2D eigenvalue weighted by Crippen LogP contribution is -2.14. The Morgan fingerprint density at radius 2 is 2.00 bits per heavy atom. The number of furan rings is 1. The average Bonchev–Trinajstić information content (AvgIpc) is 3.12. The number of anilines is 1. The monoisotopic (exact) mass is 478 g/mol. The number of nitriles is 1. The number of hydrogen-bond donors (Lipinski definition) is 1. The molecule has 1 amide bonds. The molecule has 8 heteroatoms. The molecule has 1 heterocycles. The molecule has 0 saturated heterocycles. The highest BCUT2D eigenvalue weighted by Gasteiger charge is 2.15. The Bertz CT molecular complexity index is 1140. The minimum absolute atomic E-state index is 0.0415. The molecule has 0 aliphatic carbocycles. The Kier molecular flexibility index (Phi) is 6.20. The summed E-state index contributed by atoms with van der Waals surface area (Å²) in [5.41, 5.74) is 0.286. The van der Waals surface area contributed by atoms with Crippen LogP contribution in [-0.2, 0) is 4.79 Å². The van der Waals surface area contributed by atoms with Gasteiger partial charge in [-0.25, -0.2) is 4.39 Å². The summed E-state index contributed by atoms with van der Waals surface area (Å²) < 4.78 is 20.1. The van der Waals surface area contributed by atoms with E-state index in [0.29, 0.717) is 25.8 Å². The predicted molar refractivity (Wildman–Crippen MR) is 110 cm³/mol. The number of benzene rings is 2. The molecule has 0 unspecified atom stereocenters. The summed E-state index contributed by atoms with van der Waals surface area (Å²) in [4.78, 5) is 12.3. The summed E-state index contributed by atoms with van der Waals surface area (Å²) in [6.45, 7) is 0. The van der Waals surface area contributed by atoms with Gasteiger partial charge >= 0.3 is 0 Å². The number of nitrogens with zero attached hydrogens (tertiary/aromatic N) is 1. The van der Waals surface area contributed by atoms with Gasteiger partial charge in [0.25, 0.3) is 5.91 Å². The summed E-state index contributed by atoms with van der Waals surface area (Å²) in [5, 5.41) is 12.4. The largest absolute Gasteiger partial charge is 0.457 e. The van der Waals surface area contributed by atoms with Gasteiger partial charge in [-0.05, 0) is 42.5 Å². The fraction of sp³-hybridized carbons (Fsp3) is 0. The van der Waals surface area contributed by atoms with Crippen molar-refractivity contribution < 1.29 is 13.6 Å². The molecule has 0 fully saturated rings. The first-order valence-corrected chi connectivity index (χ1v) is 9.36. The first kappa shape index (κ1) is 20.2. The van der Waals surface area contributed by atoms with E-state index >= 15 is 0 Å². The third-order valence-electron chi connectivity index (χ3n) is 3.67. The van der Waals surface area contributed by atoms with E-state index in [4.69, 9.17) is 27.6 Å². The van der Waals surface area contributed by atoms with Crippen molar-refractivity contribution >= 4 is 56.8 Å². The molecule has 4 nitrogen and oxygen atoms in total. The van der Waals surface area contributed by atoms with Crippen LogP contribution in [0.4, 0.5) is 10.1 Å². The number of nitrogens with one attached hydrogen (secondary N) is 1. The molecule has 28 heavy (non-hydrogen) atoms. The van der Waals surface area contributed by atoms with Gasteiger partial charge in [-0.15, -0.1) is 0 Å². The second kappa shape index (κ2) is 8.61. The fourth-order valence-corrected chi connectivity index (χ4v) is 3.07. The van der Waals surface area contributed by atoms with Crippen molar-refractivity contribution in [3.8, 4) is 17.4 Å². The standard InChI is InChI=1S/C20H10BrCl2FN2O2/c21-12-4-6-17(16(24)9-12)26-20(27)11(10-25)8-13-5-7-18(28-13)14-2-1-3-15(22)19(14)23/h1-9H,(H,26,27)/b11-8+. The minimum Gasteiger partial charge on any atom is -0.457 e. The zero-order chi connectivity index (χ0) is 20.3. The number of rotatable bonds is 4. The molecule has 0 aliphatic rings. The van der Waals surface area contributed by atoms with Gasteiger partial charge in [0.05, 0.1) is 15.7 Å². The van der Waals surface area contributed by atoms with E-state index in [1.807, 2.05) is 0 Å². The van der Waals surface area contributed by atoms with Crippen molar-refractivity contribution in [1.82, 2.24) is 0 Å². The van der Waals surface area contributed by atoms with Gasteiger partial charge in [0.15, 0.2) is 0 Å². The Labute approximate surface area is 178 Å². The topological polar surface area (TPSA) is 66.0 Å². The first-order valence-electron chi connectivity index (χ1n) is 7.81. The van der Waals surface area contributed by atoms with Crippen LogP contribution < -0.4 is 5.32 Å². The van der Waals surface area contributed by atoms with Crippen molar-refractivity contribution in [2.45, 2.75) is 0 Å². The summed E-state index contributed by atoms with van der Waals surface area (Å²) in [7, 11) is 0. The molecule has 3 aromatic rings. The maximum absolute atomic E-state index is 13.9. The summed E-state index contributed by atoms with van der Waals surface area (Å²) in [5.74, 6) is -0.706. The fourth-order valence-electron chi connectivity index (χ4n) is 2.34. The lowest BCUT2D eigenvalue weighted by Gasteiger charge is -2.05. The van der Waals surface area contributed by atoms with Crippen LogP contribution in [0.15, 0.2) is 63.0 Å². The van der Waals surface area contributed by atoms with E-state index in [2.05, 4.69) is 21.2 Å². The smallest absolute Gasteiger partial charge is 0.266 e. The van der Waals surface area contributed by atoms with Crippen LogP contribution in [0, 0.1) is 17.1 Å². The van der Waals surface area contributed by atoms with Gasteiger partial charge in [0.1, 0.15) is 29.0 Å². The van der Waals surface area contributed by atoms with Gasteiger partial charge in [0, 0.05) is 16.1 Å². The third kappa shape index (κ3) is 4.45. The molecule has 0 spiro atoms. The van der Waals surface area contributed by atoms with Crippen LogP contribution in [0.2, 0.25) is 10.0 Å². The molecule has 0 atom stereocenters. The van der Waals surface area contributed by atoms with Crippen LogP contribution in [0.5, 0.6) is 0 Å². The average molecular weight is 480 g/mol. The highest BCUT2D eigenvalue weighted by molar-refractivity contribution is 9.10. The molecule has 0 radical (unpaired) electrons. The van der Waals surface area contributed by atoms with E-state index < -0.39 is 11.7 Å².